The highest BCUT2D eigenvalue weighted by atomic mass is 16.5. The molecule has 1 atom stereocenters. The Morgan fingerprint density at radius 2 is 1.87 bits per heavy atom. The first kappa shape index (κ1) is 22.9. The maximum atomic E-state index is 12.3. The van der Waals surface area contributed by atoms with Gasteiger partial charge in [0.2, 0.25) is 5.91 Å². The van der Waals surface area contributed by atoms with Gasteiger partial charge in [-0.3, -0.25) is 14.5 Å². The lowest BCUT2D eigenvalue weighted by Gasteiger charge is -2.33. The van der Waals surface area contributed by atoms with Gasteiger partial charge in [0, 0.05) is 12.1 Å². The van der Waals surface area contributed by atoms with Crippen LogP contribution in [0.4, 0.5) is 0 Å². The second-order valence-corrected chi connectivity index (χ2v) is 7.84. The predicted molar refractivity (Wildman–Crippen MR) is 119 cm³/mol. The van der Waals surface area contributed by atoms with Crippen molar-refractivity contribution in [1.82, 2.24) is 15.5 Å². The molecule has 1 fully saturated rings. The number of furan rings is 1. The topological polar surface area (TPSA) is 83.8 Å². The summed E-state index contributed by atoms with van der Waals surface area (Å²) in [6.07, 6.45) is 7.28. The number of hydrogen-bond donors (Lipinski definition) is 2. The molecule has 1 aromatic heterocycles. The fourth-order valence-corrected chi connectivity index (χ4v) is 3.69. The van der Waals surface area contributed by atoms with Crippen molar-refractivity contribution < 1.29 is 18.7 Å². The van der Waals surface area contributed by atoms with Gasteiger partial charge in [-0.15, -0.1) is 0 Å². The largest absolute Gasteiger partial charge is 0.494 e. The molecule has 1 aromatic carbocycles. The van der Waals surface area contributed by atoms with Crippen LogP contribution in [0.1, 0.15) is 61.2 Å². The molecule has 0 bridgehead atoms. The number of likely N-dealkylation sites (tertiary alicyclic amines) is 1. The molecule has 7 nitrogen and oxygen atoms in total. The smallest absolute Gasteiger partial charge is 0.251 e. The quantitative estimate of drug-likeness (QED) is 0.536. The van der Waals surface area contributed by atoms with E-state index in [4.69, 9.17) is 9.15 Å². The number of benzene rings is 1. The monoisotopic (exact) mass is 427 g/mol. The number of nitrogens with one attached hydrogen (secondary N) is 2. The number of carbonyl (C=O) groups is 2. The Hall–Kier alpha value is -2.80. The third kappa shape index (κ3) is 7.14. The maximum absolute atomic E-state index is 12.3. The van der Waals surface area contributed by atoms with Gasteiger partial charge >= 0.3 is 0 Å². The molecule has 7 heteroatoms. The van der Waals surface area contributed by atoms with Crippen LogP contribution in [0.5, 0.6) is 5.75 Å². The van der Waals surface area contributed by atoms with Crippen LogP contribution in [-0.4, -0.2) is 49.5 Å². The lowest BCUT2D eigenvalue weighted by molar-refractivity contribution is -0.120. The Morgan fingerprint density at radius 1 is 1.10 bits per heavy atom. The molecule has 168 valence electrons. The molecule has 3 rings (SSSR count). The van der Waals surface area contributed by atoms with Gasteiger partial charge in [-0.25, -0.2) is 0 Å². The standard InChI is InChI=1S/C24H33N3O4/c1-2-3-15-30-20-11-9-19(10-12-20)24(29)26-18-23(28)25-17-21(22-8-7-16-31-22)27-13-5-4-6-14-27/h7-12,16,21H,2-6,13-15,17-18H2,1H3,(H,25,28)(H,26,29)/t21-/m0/s1. The van der Waals surface area contributed by atoms with Gasteiger partial charge < -0.3 is 19.8 Å². The Kier molecular flexibility index (Phi) is 8.97. The van der Waals surface area contributed by atoms with Crippen molar-refractivity contribution in [2.24, 2.45) is 0 Å². The van der Waals surface area contributed by atoms with E-state index in [9.17, 15) is 9.59 Å². The summed E-state index contributed by atoms with van der Waals surface area (Å²) in [4.78, 5) is 27.0. The van der Waals surface area contributed by atoms with Gasteiger partial charge in [-0.05, 0) is 68.8 Å². The minimum absolute atomic E-state index is 0.00945. The number of amides is 2. The van der Waals surface area contributed by atoms with Gasteiger partial charge in [0.15, 0.2) is 0 Å². The zero-order valence-corrected chi connectivity index (χ0v) is 18.3. The highest BCUT2D eigenvalue weighted by molar-refractivity contribution is 5.96. The fourth-order valence-electron chi connectivity index (χ4n) is 3.69. The summed E-state index contributed by atoms with van der Waals surface area (Å²) in [5.74, 6) is 1.09. The second-order valence-electron chi connectivity index (χ2n) is 7.84. The van der Waals surface area contributed by atoms with Crippen LogP contribution in [0.3, 0.4) is 0 Å². The number of piperidine rings is 1. The summed E-state index contributed by atoms with van der Waals surface area (Å²) < 4.78 is 11.2. The first-order valence-electron chi connectivity index (χ1n) is 11.2. The molecule has 2 amide bonds. The molecule has 1 aliphatic heterocycles. The molecule has 0 aliphatic carbocycles. The van der Waals surface area contributed by atoms with Crippen molar-refractivity contribution >= 4 is 11.8 Å². The van der Waals surface area contributed by atoms with Crippen molar-refractivity contribution in [2.75, 3.05) is 32.8 Å². The average molecular weight is 428 g/mol. The van der Waals surface area contributed by atoms with Crippen LogP contribution in [-0.2, 0) is 4.79 Å². The van der Waals surface area contributed by atoms with Crippen molar-refractivity contribution in [2.45, 2.75) is 45.1 Å². The van der Waals surface area contributed by atoms with E-state index in [0.717, 1.165) is 50.3 Å². The molecule has 0 unspecified atom stereocenters. The van der Waals surface area contributed by atoms with Gasteiger partial charge in [0.1, 0.15) is 11.5 Å². The number of ether oxygens (including phenoxy) is 1. The third-order valence-electron chi connectivity index (χ3n) is 5.49. The number of rotatable bonds is 11. The van der Waals surface area contributed by atoms with Crippen molar-refractivity contribution in [3.05, 3.63) is 54.0 Å². The highest BCUT2D eigenvalue weighted by Crippen LogP contribution is 2.24. The predicted octanol–water partition coefficient (Wildman–Crippen LogP) is 3.53. The van der Waals surface area contributed by atoms with E-state index in [0.29, 0.717) is 18.7 Å². The van der Waals surface area contributed by atoms with Crippen LogP contribution in [0.2, 0.25) is 0 Å². The van der Waals surface area contributed by atoms with Crippen molar-refractivity contribution in [3.8, 4) is 5.75 Å². The Morgan fingerprint density at radius 3 is 2.55 bits per heavy atom. The first-order chi connectivity index (χ1) is 15.2. The Labute approximate surface area is 184 Å². The molecule has 31 heavy (non-hydrogen) atoms. The van der Waals surface area contributed by atoms with Crippen LogP contribution in [0, 0.1) is 0 Å². The number of nitrogens with zero attached hydrogens (tertiary/aromatic N) is 1. The van der Waals surface area contributed by atoms with Gasteiger partial charge in [-0.2, -0.15) is 0 Å². The van der Waals surface area contributed by atoms with E-state index in [1.54, 1.807) is 30.5 Å². The van der Waals surface area contributed by atoms with E-state index in [1.807, 2.05) is 12.1 Å². The maximum Gasteiger partial charge on any atom is 0.251 e. The number of hydrogen-bond acceptors (Lipinski definition) is 5. The number of carbonyl (C=O) groups excluding carboxylic acids is 2. The summed E-state index contributed by atoms with van der Waals surface area (Å²) in [6.45, 7) is 5.15. The van der Waals surface area contributed by atoms with Crippen LogP contribution < -0.4 is 15.4 Å². The Balaban J connectivity index is 1.44. The lowest BCUT2D eigenvalue weighted by atomic mass is 10.1. The van der Waals surface area contributed by atoms with Gasteiger partial charge in [-0.1, -0.05) is 19.8 Å². The third-order valence-corrected chi connectivity index (χ3v) is 5.49. The van der Waals surface area contributed by atoms with E-state index in [2.05, 4.69) is 22.5 Å². The lowest BCUT2D eigenvalue weighted by Crippen LogP contribution is -2.43. The molecule has 2 N–H and O–H groups in total. The summed E-state index contributed by atoms with van der Waals surface area (Å²) >= 11 is 0. The number of unbranched alkanes of at least 4 members (excludes halogenated alkanes) is 1. The molecule has 0 saturated carbocycles. The van der Waals surface area contributed by atoms with E-state index >= 15 is 0 Å². The first-order valence-corrected chi connectivity index (χ1v) is 11.2. The minimum atomic E-state index is -0.283. The van der Waals surface area contributed by atoms with Crippen molar-refractivity contribution in [3.63, 3.8) is 0 Å². The van der Waals surface area contributed by atoms with Crippen LogP contribution >= 0.6 is 0 Å². The van der Waals surface area contributed by atoms with Gasteiger partial charge in [0.05, 0.1) is 25.5 Å². The molecule has 0 radical (unpaired) electrons. The summed E-state index contributed by atoms with van der Waals surface area (Å²) in [7, 11) is 0. The summed E-state index contributed by atoms with van der Waals surface area (Å²) in [5, 5.41) is 5.62. The van der Waals surface area contributed by atoms with Crippen LogP contribution in [0.25, 0.3) is 0 Å². The zero-order chi connectivity index (χ0) is 21.9. The Bertz CT molecular complexity index is 799. The minimum Gasteiger partial charge on any atom is -0.494 e. The van der Waals surface area contributed by atoms with Crippen molar-refractivity contribution in [1.29, 1.82) is 0 Å². The zero-order valence-electron chi connectivity index (χ0n) is 18.3. The van der Waals surface area contributed by atoms with E-state index in [1.165, 1.54) is 6.42 Å². The van der Waals surface area contributed by atoms with E-state index in [-0.39, 0.29) is 24.4 Å². The molecule has 1 saturated heterocycles. The van der Waals surface area contributed by atoms with Crippen LogP contribution in [0.15, 0.2) is 47.1 Å². The second kappa shape index (κ2) is 12.2. The normalized spacial score (nSPS) is 15.3. The molecule has 2 heterocycles. The molecule has 0 spiro atoms. The molecular weight excluding hydrogens is 394 g/mol. The summed E-state index contributed by atoms with van der Waals surface area (Å²) in [6, 6.07) is 10.8. The average Bonchev–Trinajstić information content (AvgIpc) is 3.33. The molecular formula is C24H33N3O4. The highest BCUT2D eigenvalue weighted by Gasteiger charge is 2.24. The van der Waals surface area contributed by atoms with Gasteiger partial charge in [0.25, 0.3) is 5.91 Å². The van der Waals surface area contributed by atoms with E-state index < -0.39 is 0 Å². The molecule has 2 aromatic rings. The summed E-state index contributed by atoms with van der Waals surface area (Å²) in [5.41, 5.74) is 0.498. The fraction of sp³-hybridized carbons (Fsp3) is 0.500. The molecule has 1 aliphatic rings. The SMILES string of the molecule is CCCCOc1ccc(C(=O)NCC(=O)NC[C@@H](c2ccco2)N2CCCCC2)cc1.